The summed E-state index contributed by atoms with van der Waals surface area (Å²) in [4.78, 5) is 38.4. The smallest absolute Gasteiger partial charge is 0.334 e. The molecule has 3 aliphatic carbocycles. The van der Waals surface area contributed by atoms with Gasteiger partial charge in [-0.1, -0.05) is 20.8 Å². The first-order valence-corrected chi connectivity index (χ1v) is 15.5. The molecule has 0 aromatic carbocycles. The molecule has 4 N–H and O–H groups in total. The van der Waals surface area contributed by atoms with Gasteiger partial charge in [-0.2, -0.15) is 0 Å². The third kappa shape index (κ3) is 3.40. The minimum Gasteiger partial charge on any atom is -0.458 e. The highest BCUT2D eigenvalue weighted by Crippen LogP contribution is 2.83. The van der Waals surface area contributed by atoms with E-state index in [1.165, 1.54) is 0 Å². The predicted molar refractivity (Wildman–Crippen MR) is 140 cm³/mol. The van der Waals surface area contributed by atoms with E-state index in [1.807, 2.05) is 13.8 Å². The number of aliphatic hydroxyl groups is 4. The van der Waals surface area contributed by atoms with Gasteiger partial charge in [-0.25, -0.2) is 4.79 Å². The Kier molecular flexibility index (Phi) is 6.13. The van der Waals surface area contributed by atoms with Crippen molar-refractivity contribution in [3.05, 3.63) is 11.1 Å². The quantitative estimate of drug-likeness (QED) is 0.149. The van der Waals surface area contributed by atoms with Gasteiger partial charge in [0.1, 0.15) is 54.4 Å². The van der Waals surface area contributed by atoms with Crippen molar-refractivity contribution in [1.29, 1.82) is 0 Å². The molecule has 2 saturated carbocycles. The maximum atomic E-state index is 13.4. The third-order valence-corrected chi connectivity index (χ3v) is 11.9. The van der Waals surface area contributed by atoms with Gasteiger partial charge in [-0.3, -0.25) is 9.59 Å². The molecule has 0 amide bonds. The molecule has 5 heterocycles. The van der Waals surface area contributed by atoms with Crippen LogP contribution in [0.4, 0.5) is 0 Å². The monoisotopic (exact) mass is 622 g/mol. The highest BCUT2D eigenvalue weighted by atomic mass is 16.8. The average Bonchev–Trinajstić information content (AvgIpc) is 3.90. The van der Waals surface area contributed by atoms with Crippen LogP contribution in [0.5, 0.6) is 0 Å². The molecule has 0 aromatic heterocycles. The van der Waals surface area contributed by atoms with Crippen molar-refractivity contribution in [2.45, 2.75) is 125 Å². The van der Waals surface area contributed by atoms with Crippen LogP contribution in [0.15, 0.2) is 11.1 Å². The SMILES string of the molecule is CC(C)[C@]12O[C@H]1[C@@H]1O[C@]13[C@]1(O[C@H]1C[C@H]1C4=C(CC[C@@]13C)C(=O)OC4)[C@@H]2OC(=O)CCC(=O)O[C@@H]1OC(CO)[C@H](O)C(O)C1O. The first-order chi connectivity index (χ1) is 20.9. The Balaban J connectivity index is 1.00. The molecule has 8 aliphatic rings. The van der Waals surface area contributed by atoms with Crippen LogP contribution in [0, 0.1) is 17.3 Å². The average molecular weight is 623 g/mol. The summed E-state index contributed by atoms with van der Waals surface area (Å²) in [6, 6.07) is 0. The number of aliphatic hydroxyl groups excluding tert-OH is 4. The van der Waals surface area contributed by atoms with Crippen LogP contribution in [0.2, 0.25) is 0 Å². The molecule has 14 atom stereocenters. The van der Waals surface area contributed by atoms with Crippen molar-refractivity contribution in [2.75, 3.05) is 13.2 Å². The van der Waals surface area contributed by atoms with E-state index >= 15 is 0 Å². The summed E-state index contributed by atoms with van der Waals surface area (Å²) in [7, 11) is 0. The molecule has 44 heavy (non-hydrogen) atoms. The molecule has 14 heteroatoms. The van der Waals surface area contributed by atoms with Crippen molar-refractivity contribution < 1.29 is 68.0 Å². The Hall–Kier alpha value is -2.17. The van der Waals surface area contributed by atoms with E-state index in [9.17, 15) is 34.8 Å². The van der Waals surface area contributed by atoms with Gasteiger partial charge in [-0.05, 0) is 36.7 Å². The molecule has 4 saturated heterocycles. The fourth-order valence-corrected chi connectivity index (χ4v) is 9.59. The van der Waals surface area contributed by atoms with E-state index in [0.717, 1.165) is 11.1 Å². The molecule has 2 spiro atoms. The molecule has 0 radical (unpaired) electrons. The van der Waals surface area contributed by atoms with E-state index in [1.54, 1.807) is 0 Å². The summed E-state index contributed by atoms with van der Waals surface area (Å²) in [6.45, 7) is 5.81. The summed E-state index contributed by atoms with van der Waals surface area (Å²) in [6.07, 6.45) is -8.33. The Morgan fingerprint density at radius 3 is 2.43 bits per heavy atom. The number of esters is 3. The van der Waals surface area contributed by atoms with Crippen molar-refractivity contribution in [1.82, 2.24) is 0 Å². The molecular formula is C30H38O14. The van der Waals surface area contributed by atoms with E-state index < -0.39 is 84.0 Å². The maximum absolute atomic E-state index is 13.4. The summed E-state index contributed by atoms with van der Waals surface area (Å²) in [5.41, 5.74) is -1.09. The first-order valence-electron chi connectivity index (χ1n) is 15.5. The number of rotatable bonds is 7. The van der Waals surface area contributed by atoms with Crippen LogP contribution < -0.4 is 0 Å². The second-order valence-corrected chi connectivity index (χ2v) is 14.1. The number of hydrogen-bond acceptors (Lipinski definition) is 14. The van der Waals surface area contributed by atoms with E-state index in [4.69, 9.17) is 33.2 Å². The fourth-order valence-electron chi connectivity index (χ4n) is 9.59. The Morgan fingerprint density at radius 1 is 1.00 bits per heavy atom. The topological polar surface area (TPSA) is 207 Å². The van der Waals surface area contributed by atoms with Crippen LogP contribution in [0.1, 0.15) is 52.9 Å². The van der Waals surface area contributed by atoms with Gasteiger partial charge in [0.25, 0.3) is 0 Å². The van der Waals surface area contributed by atoms with Crippen molar-refractivity contribution in [2.24, 2.45) is 17.3 Å². The molecule has 0 bridgehead atoms. The van der Waals surface area contributed by atoms with Gasteiger partial charge in [0.15, 0.2) is 11.7 Å². The number of carbonyl (C=O) groups excluding carboxylic acids is 3. The zero-order valence-electron chi connectivity index (χ0n) is 24.7. The third-order valence-electron chi connectivity index (χ3n) is 11.9. The van der Waals surface area contributed by atoms with Crippen molar-refractivity contribution in [3.63, 3.8) is 0 Å². The number of fused-ring (bicyclic) bond motifs is 4. The van der Waals surface area contributed by atoms with Gasteiger partial charge in [0.2, 0.25) is 6.29 Å². The zero-order valence-corrected chi connectivity index (χ0v) is 24.7. The van der Waals surface area contributed by atoms with Crippen LogP contribution in [0.3, 0.4) is 0 Å². The van der Waals surface area contributed by atoms with Gasteiger partial charge in [0.05, 0.1) is 25.6 Å². The second kappa shape index (κ2) is 9.22. The second-order valence-electron chi connectivity index (χ2n) is 14.1. The Bertz CT molecular complexity index is 1340. The highest BCUT2D eigenvalue weighted by molar-refractivity contribution is 5.92. The number of hydrogen-bond donors (Lipinski definition) is 4. The van der Waals surface area contributed by atoms with E-state index in [-0.39, 0.29) is 49.1 Å². The lowest BCUT2D eigenvalue weighted by molar-refractivity contribution is -0.292. The number of ether oxygens (including phenoxy) is 7. The lowest BCUT2D eigenvalue weighted by Gasteiger charge is -2.53. The van der Waals surface area contributed by atoms with Crippen molar-refractivity contribution >= 4 is 17.9 Å². The van der Waals surface area contributed by atoms with Gasteiger partial charge < -0.3 is 53.6 Å². The summed E-state index contributed by atoms with van der Waals surface area (Å²) >= 11 is 0. The molecular weight excluding hydrogens is 584 g/mol. The van der Waals surface area contributed by atoms with Gasteiger partial charge in [0, 0.05) is 11.0 Å². The molecule has 8 rings (SSSR count). The van der Waals surface area contributed by atoms with Crippen LogP contribution in [0.25, 0.3) is 0 Å². The normalized spacial score (nSPS) is 52.4. The Morgan fingerprint density at radius 2 is 1.73 bits per heavy atom. The molecule has 242 valence electrons. The minimum absolute atomic E-state index is 0.0298. The van der Waals surface area contributed by atoms with Gasteiger partial charge >= 0.3 is 17.9 Å². The van der Waals surface area contributed by atoms with Gasteiger partial charge in [-0.15, -0.1) is 0 Å². The molecule has 5 aliphatic heterocycles. The maximum Gasteiger partial charge on any atom is 0.334 e. The Labute approximate surface area is 252 Å². The standard InChI is InChI=1S/C30H38O14/c1-11(2)28-22(43-28)23-30(44-23)27(3)7-6-12-13(10-38-24(12)37)14(27)8-16-29(30,42-16)26(28)41-18(33)5-4-17(32)40-25-21(36)20(35)19(34)15(9-31)39-25/h11,14-16,19-23,25-26,31,34-36H,4-10H2,1-3H3/t14-,15?,16-,19-,20?,21?,22-,23-,25-,26+,27-,28-,29+,30+/m0/s1. The first kappa shape index (κ1) is 29.2. The number of cyclic esters (lactones) is 1. The largest absolute Gasteiger partial charge is 0.458 e. The molecule has 14 nitrogen and oxygen atoms in total. The lowest BCUT2D eigenvalue weighted by atomic mass is 9.46. The molecule has 0 aromatic rings. The minimum atomic E-state index is -1.75. The summed E-state index contributed by atoms with van der Waals surface area (Å²) in [5.74, 6) is -1.81. The number of epoxide rings is 3. The van der Waals surface area contributed by atoms with Crippen LogP contribution in [-0.4, -0.2) is 123 Å². The molecule has 3 unspecified atom stereocenters. The van der Waals surface area contributed by atoms with Crippen LogP contribution >= 0.6 is 0 Å². The molecule has 6 fully saturated rings. The van der Waals surface area contributed by atoms with E-state index in [2.05, 4.69) is 6.92 Å². The number of carbonyl (C=O) groups is 3. The summed E-state index contributed by atoms with van der Waals surface area (Å²) < 4.78 is 41.6. The lowest BCUT2D eigenvalue weighted by Crippen LogP contribution is -2.70. The summed E-state index contributed by atoms with van der Waals surface area (Å²) in [5, 5.41) is 39.4. The van der Waals surface area contributed by atoms with Crippen molar-refractivity contribution in [3.8, 4) is 0 Å². The van der Waals surface area contributed by atoms with Crippen LogP contribution in [-0.2, 0) is 47.5 Å². The van der Waals surface area contributed by atoms with E-state index in [0.29, 0.717) is 19.3 Å². The fraction of sp³-hybridized carbons (Fsp3) is 0.833. The highest BCUT2D eigenvalue weighted by Gasteiger charge is 3.01. The zero-order chi connectivity index (χ0) is 31.1. The predicted octanol–water partition coefficient (Wildman–Crippen LogP) is -1.22.